The van der Waals surface area contributed by atoms with Gasteiger partial charge in [-0.2, -0.15) is 11.8 Å². The number of thioether (sulfide) groups is 1. The van der Waals surface area contributed by atoms with Gasteiger partial charge in [-0.15, -0.1) is 0 Å². The molecule has 0 aliphatic rings. The van der Waals surface area contributed by atoms with Crippen LogP contribution < -0.4 is 15.7 Å². The van der Waals surface area contributed by atoms with Crippen molar-refractivity contribution in [3.05, 3.63) is 0 Å². The van der Waals surface area contributed by atoms with Crippen molar-refractivity contribution in [2.75, 3.05) is 31.6 Å². The molecular weight excluding hydrogens is 742 g/mol. The molecule has 2 unspecified atom stereocenters. The number of carboxylic acids is 3. The average molecular weight is 818 g/mol. The molecule has 3 atom stereocenters. The summed E-state index contributed by atoms with van der Waals surface area (Å²) in [4.78, 5) is 57.2. The lowest BCUT2D eigenvalue weighted by molar-refractivity contribution is -0.142. The minimum atomic E-state index is -1.16. The summed E-state index contributed by atoms with van der Waals surface area (Å²) in [5.74, 6) is -3.38. The lowest BCUT2D eigenvalue weighted by atomic mass is 10.0. The van der Waals surface area contributed by atoms with Crippen LogP contribution in [-0.4, -0.2) is 88.7 Å². The van der Waals surface area contributed by atoms with Crippen molar-refractivity contribution in [3.63, 3.8) is 0 Å². The van der Waals surface area contributed by atoms with Crippen LogP contribution in [0.25, 0.3) is 0 Å². The molecule has 0 aromatic rings. The molecular formula is C37H76N3O8PS3. The molecule has 0 spiro atoms. The first-order valence-electron chi connectivity index (χ1n) is 19.2. The summed E-state index contributed by atoms with van der Waals surface area (Å²) in [6.45, 7) is 4.38. The third-order valence-electron chi connectivity index (χ3n) is 7.75. The fraction of sp³-hybridized carbons (Fsp3) is 0.865. The van der Waals surface area contributed by atoms with Crippen LogP contribution in [0.15, 0.2) is 0 Å². The molecule has 0 heterocycles. The first-order valence-corrected chi connectivity index (χ1v) is 24.3. The molecule has 15 heteroatoms. The summed E-state index contributed by atoms with van der Waals surface area (Å²) in [5, 5.41) is 34.9. The quantitative estimate of drug-likeness (QED) is 0.0215. The molecule has 0 aliphatic carbocycles. The number of rotatable bonds is 32. The standard InChI is InChI=1S/C31H58N3O8P.C2H6S2.C2H6S.C2H6/c35-27(32-24-18-17-19-26(34-43)31(41)42)23-22-25(30(39)40)33-28(36)20-15-13-11-9-7-5-3-1-2-4-6-8-10-12-14-16-21-29(37)38;1-3-4-2;1-3-2;1-2/h25-26,34H,1-24,43H2,(H,32,35)(H,33,36)(H,37,38)(H,39,40)(H,41,42);1-2H3;1-2H3;1-2H3/t25-,26?;;;/m0.../s1. The molecule has 0 aliphatic heterocycles. The zero-order valence-corrected chi connectivity index (χ0v) is 36.9. The number of hydrogen-bond acceptors (Lipinski definition) is 9. The highest BCUT2D eigenvalue weighted by Gasteiger charge is 2.21. The Kier molecular flexibility index (Phi) is 52.9. The molecule has 0 aromatic carbocycles. The second-order valence-electron chi connectivity index (χ2n) is 12.2. The maximum absolute atomic E-state index is 12.2. The van der Waals surface area contributed by atoms with E-state index in [9.17, 15) is 29.1 Å². The third-order valence-corrected chi connectivity index (χ3v) is 9.48. The summed E-state index contributed by atoms with van der Waals surface area (Å²) < 4.78 is 0. The van der Waals surface area contributed by atoms with Crippen molar-refractivity contribution >= 4 is 72.5 Å². The molecule has 6 N–H and O–H groups in total. The summed E-state index contributed by atoms with van der Waals surface area (Å²) in [6.07, 6.45) is 28.5. The predicted octanol–water partition coefficient (Wildman–Crippen LogP) is 9.19. The van der Waals surface area contributed by atoms with E-state index >= 15 is 0 Å². The van der Waals surface area contributed by atoms with E-state index in [-0.39, 0.29) is 37.5 Å². The fourth-order valence-electron chi connectivity index (χ4n) is 4.90. The Bertz CT molecular complexity index is 846. The zero-order chi connectivity index (χ0) is 40.3. The van der Waals surface area contributed by atoms with Gasteiger partial charge in [-0.25, -0.2) is 4.79 Å². The largest absolute Gasteiger partial charge is 0.481 e. The van der Waals surface area contributed by atoms with Crippen LogP contribution >= 0.6 is 42.7 Å². The Morgan fingerprint density at radius 1 is 0.519 bits per heavy atom. The van der Waals surface area contributed by atoms with Gasteiger partial charge < -0.3 is 26.0 Å². The van der Waals surface area contributed by atoms with Gasteiger partial charge in [0.1, 0.15) is 12.1 Å². The van der Waals surface area contributed by atoms with E-state index in [0.717, 1.165) is 38.5 Å². The Morgan fingerprint density at radius 3 is 1.25 bits per heavy atom. The maximum atomic E-state index is 12.2. The number of nitrogens with one attached hydrogen (secondary N) is 3. The summed E-state index contributed by atoms with van der Waals surface area (Å²) in [6, 6.07) is -1.75. The van der Waals surface area contributed by atoms with Crippen molar-refractivity contribution in [3.8, 4) is 0 Å². The molecule has 0 fully saturated rings. The molecule has 11 nitrogen and oxygen atoms in total. The van der Waals surface area contributed by atoms with Crippen molar-refractivity contribution in [2.45, 2.75) is 174 Å². The van der Waals surface area contributed by atoms with Gasteiger partial charge in [0.15, 0.2) is 0 Å². The lowest BCUT2D eigenvalue weighted by Gasteiger charge is -2.14. The van der Waals surface area contributed by atoms with Gasteiger partial charge in [0.2, 0.25) is 11.8 Å². The molecule has 0 saturated carbocycles. The molecule has 0 saturated heterocycles. The number of unbranched alkanes of at least 4 members (excludes halogenated alkanes) is 16. The number of carboxylic acid groups (broad SMARTS) is 3. The molecule has 0 rings (SSSR count). The normalized spacial score (nSPS) is 11.3. The smallest absolute Gasteiger partial charge is 0.326 e. The Morgan fingerprint density at radius 2 is 0.904 bits per heavy atom. The highest BCUT2D eigenvalue weighted by Crippen LogP contribution is 2.14. The van der Waals surface area contributed by atoms with Crippen LogP contribution in [0.5, 0.6) is 0 Å². The van der Waals surface area contributed by atoms with E-state index in [1.165, 1.54) is 57.8 Å². The van der Waals surface area contributed by atoms with Gasteiger partial charge in [-0.05, 0) is 63.5 Å². The van der Waals surface area contributed by atoms with Crippen molar-refractivity contribution in [1.29, 1.82) is 0 Å². The second-order valence-corrected chi connectivity index (χ2v) is 16.0. The first-order chi connectivity index (χ1) is 25.0. The number of carbonyl (C=O) groups is 5. The van der Waals surface area contributed by atoms with Crippen LogP contribution in [0.2, 0.25) is 0 Å². The van der Waals surface area contributed by atoms with Crippen molar-refractivity contribution < 1.29 is 39.3 Å². The topological polar surface area (TPSA) is 182 Å². The molecule has 0 aromatic heterocycles. The maximum Gasteiger partial charge on any atom is 0.326 e. The van der Waals surface area contributed by atoms with Crippen molar-refractivity contribution in [1.82, 2.24) is 15.7 Å². The van der Waals surface area contributed by atoms with Gasteiger partial charge in [-0.3, -0.25) is 24.3 Å². The zero-order valence-electron chi connectivity index (χ0n) is 33.3. The number of aliphatic carboxylic acids is 3. The molecule has 0 radical (unpaired) electrons. The van der Waals surface area contributed by atoms with E-state index in [4.69, 9.17) is 10.2 Å². The van der Waals surface area contributed by atoms with E-state index in [1.54, 1.807) is 33.3 Å². The average Bonchev–Trinajstić information content (AvgIpc) is 3.11. The lowest BCUT2D eigenvalue weighted by Crippen LogP contribution is -2.41. The number of hydrogen-bond donors (Lipinski definition) is 6. The van der Waals surface area contributed by atoms with E-state index in [0.29, 0.717) is 32.2 Å². The molecule has 0 bridgehead atoms. The third kappa shape index (κ3) is 48.8. The van der Waals surface area contributed by atoms with Crippen molar-refractivity contribution in [2.24, 2.45) is 0 Å². The summed E-state index contributed by atoms with van der Waals surface area (Å²) in [7, 11) is 5.73. The highest BCUT2D eigenvalue weighted by atomic mass is 33.1. The fourth-order valence-corrected chi connectivity index (χ4v) is 5.21. The van der Waals surface area contributed by atoms with Crippen LogP contribution in [-0.2, 0) is 24.0 Å². The van der Waals surface area contributed by atoms with Gasteiger partial charge in [-0.1, -0.05) is 135 Å². The van der Waals surface area contributed by atoms with Gasteiger partial charge in [0, 0.05) is 25.8 Å². The SMILES string of the molecule is CC.CSC.CSSC.O=C(O)CCCCCCCCCCCCCCCCCCC(=O)N[C@@H](CCC(=O)NCCCCC(NP)C(=O)O)C(=O)O. The predicted molar refractivity (Wildman–Crippen MR) is 228 cm³/mol. The Balaban J connectivity index is -0.00000115. The van der Waals surface area contributed by atoms with Gasteiger partial charge >= 0.3 is 17.9 Å². The Hall–Kier alpha value is -1.21. The number of carbonyl (C=O) groups excluding carboxylic acids is 2. The van der Waals surface area contributed by atoms with Crippen LogP contribution in [0.4, 0.5) is 0 Å². The molecule has 52 heavy (non-hydrogen) atoms. The number of amides is 2. The molecule has 310 valence electrons. The van der Waals surface area contributed by atoms with Crippen LogP contribution in [0.1, 0.15) is 162 Å². The van der Waals surface area contributed by atoms with Gasteiger partial charge in [0.25, 0.3) is 0 Å². The minimum Gasteiger partial charge on any atom is -0.481 e. The first kappa shape index (κ1) is 57.5. The van der Waals surface area contributed by atoms with E-state index in [1.807, 2.05) is 26.4 Å². The summed E-state index contributed by atoms with van der Waals surface area (Å²) >= 11 is 1.75. The molecule has 2 amide bonds. The van der Waals surface area contributed by atoms with Gasteiger partial charge in [0.05, 0.1) is 0 Å². The monoisotopic (exact) mass is 817 g/mol. The highest BCUT2D eigenvalue weighted by molar-refractivity contribution is 8.76. The summed E-state index contributed by atoms with van der Waals surface area (Å²) in [5.41, 5.74) is 0. The van der Waals surface area contributed by atoms with Crippen LogP contribution in [0.3, 0.4) is 0 Å². The van der Waals surface area contributed by atoms with E-state index < -0.39 is 30.0 Å². The minimum absolute atomic E-state index is 0.0142. The van der Waals surface area contributed by atoms with Crippen LogP contribution in [0, 0.1) is 0 Å². The Labute approximate surface area is 331 Å². The second kappa shape index (κ2) is 47.8. The van der Waals surface area contributed by atoms with E-state index in [2.05, 4.69) is 37.6 Å².